The molecule has 0 atom stereocenters. The van der Waals surface area contributed by atoms with Crippen LogP contribution in [0.1, 0.15) is 33.1 Å². The first-order valence-corrected chi connectivity index (χ1v) is 8.81. The molecule has 0 spiro atoms. The second kappa shape index (κ2) is 7.48. The third kappa shape index (κ3) is 3.41. The second-order valence-electron chi connectivity index (χ2n) is 6.32. The quantitative estimate of drug-likeness (QED) is 0.476. The molecular weight excluding hydrogens is 372 g/mol. The number of nitriles is 1. The van der Waals surface area contributed by atoms with Gasteiger partial charge in [-0.2, -0.15) is 10.2 Å². The van der Waals surface area contributed by atoms with Gasteiger partial charge in [0, 0.05) is 18.0 Å². The number of rotatable bonds is 5. The standard InChI is InChI=1S/C21H16N4O4/c1-13-7-3-4-8-15(13)19-23-17(29-24-19)12-27-21(26)18-14(2)28-20(16(18)11-22)25-9-5-6-10-25/h3-10H,12H2,1-2H3. The summed E-state index contributed by atoms with van der Waals surface area (Å²) >= 11 is 0. The Morgan fingerprint density at radius 2 is 1.97 bits per heavy atom. The van der Waals surface area contributed by atoms with Crippen molar-refractivity contribution in [3.05, 3.63) is 77.1 Å². The highest BCUT2D eigenvalue weighted by Crippen LogP contribution is 2.26. The molecule has 1 aromatic carbocycles. The molecule has 0 saturated carbocycles. The molecule has 4 aromatic rings. The van der Waals surface area contributed by atoms with Crippen molar-refractivity contribution >= 4 is 5.97 Å². The zero-order valence-corrected chi connectivity index (χ0v) is 15.7. The van der Waals surface area contributed by atoms with Crippen molar-refractivity contribution in [2.24, 2.45) is 0 Å². The van der Waals surface area contributed by atoms with Gasteiger partial charge in [-0.25, -0.2) is 4.79 Å². The number of hydrogen-bond acceptors (Lipinski definition) is 7. The van der Waals surface area contributed by atoms with Crippen molar-refractivity contribution in [1.82, 2.24) is 14.7 Å². The Labute approximate surface area is 165 Å². The normalized spacial score (nSPS) is 10.7. The van der Waals surface area contributed by atoms with Crippen LogP contribution in [0.15, 0.2) is 57.7 Å². The maximum atomic E-state index is 12.6. The molecule has 0 radical (unpaired) electrons. The minimum Gasteiger partial charge on any atom is -0.452 e. The lowest BCUT2D eigenvalue weighted by atomic mass is 10.1. The summed E-state index contributed by atoms with van der Waals surface area (Å²) in [6, 6.07) is 13.2. The van der Waals surface area contributed by atoms with Crippen molar-refractivity contribution < 1.29 is 18.5 Å². The van der Waals surface area contributed by atoms with E-state index in [4.69, 9.17) is 13.7 Å². The average molecular weight is 388 g/mol. The van der Waals surface area contributed by atoms with Gasteiger partial charge in [-0.3, -0.25) is 4.57 Å². The van der Waals surface area contributed by atoms with Crippen molar-refractivity contribution in [2.45, 2.75) is 20.5 Å². The molecule has 4 rings (SSSR count). The van der Waals surface area contributed by atoms with Gasteiger partial charge in [0.1, 0.15) is 23.0 Å². The topological polar surface area (TPSA) is 107 Å². The lowest BCUT2D eigenvalue weighted by Gasteiger charge is -2.01. The summed E-state index contributed by atoms with van der Waals surface area (Å²) < 4.78 is 17.7. The fraction of sp³-hybridized carbons (Fsp3) is 0.143. The van der Waals surface area contributed by atoms with E-state index >= 15 is 0 Å². The minimum atomic E-state index is -0.697. The number of hydrogen-bond donors (Lipinski definition) is 0. The Balaban J connectivity index is 1.53. The van der Waals surface area contributed by atoms with Crippen LogP contribution >= 0.6 is 0 Å². The predicted molar refractivity (Wildman–Crippen MR) is 101 cm³/mol. The van der Waals surface area contributed by atoms with Crippen molar-refractivity contribution in [3.63, 3.8) is 0 Å². The molecule has 0 bridgehead atoms. The smallest absolute Gasteiger partial charge is 0.343 e. The van der Waals surface area contributed by atoms with Crippen LogP contribution in [0.4, 0.5) is 0 Å². The van der Waals surface area contributed by atoms with E-state index in [0.29, 0.717) is 11.6 Å². The van der Waals surface area contributed by atoms with Crippen LogP contribution in [0.3, 0.4) is 0 Å². The molecule has 0 saturated heterocycles. The number of ether oxygens (including phenoxy) is 1. The van der Waals surface area contributed by atoms with Crippen molar-refractivity contribution in [1.29, 1.82) is 5.26 Å². The lowest BCUT2D eigenvalue weighted by Crippen LogP contribution is -2.08. The number of carbonyl (C=O) groups excluding carboxylic acids is 1. The molecule has 29 heavy (non-hydrogen) atoms. The van der Waals surface area contributed by atoms with E-state index in [9.17, 15) is 10.1 Å². The van der Waals surface area contributed by atoms with E-state index in [1.54, 1.807) is 36.0 Å². The van der Waals surface area contributed by atoms with Crippen LogP contribution in [0.2, 0.25) is 0 Å². The van der Waals surface area contributed by atoms with E-state index in [2.05, 4.69) is 10.1 Å². The Morgan fingerprint density at radius 1 is 1.21 bits per heavy atom. The van der Waals surface area contributed by atoms with Gasteiger partial charge in [0.2, 0.25) is 11.7 Å². The Kier molecular flexibility index (Phi) is 4.71. The first-order valence-electron chi connectivity index (χ1n) is 8.81. The summed E-state index contributed by atoms with van der Waals surface area (Å²) in [6.45, 7) is 3.33. The molecule has 0 N–H and O–H groups in total. The van der Waals surface area contributed by atoms with E-state index in [0.717, 1.165) is 11.1 Å². The van der Waals surface area contributed by atoms with Crippen molar-refractivity contribution in [3.8, 4) is 23.3 Å². The summed E-state index contributed by atoms with van der Waals surface area (Å²) in [5.74, 6) is 0.433. The highest BCUT2D eigenvalue weighted by molar-refractivity contribution is 5.94. The third-order valence-electron chi connectivity index (χ3n) is 4.40. The summed E-state index contributed by atoms with van der Waals surface area (Å²) in [5, 5.41) is 13.5. The number of furan rings is 1. The molecule has 3 aromatic heterocycles. The number of aryl methyl sites for hydroxylation is 2. The Bertz CT molecular complexity index is 1210. The maximum Gasteiger partial charge on any atom is 0.343 e. The fourth-order valence-corrected chi connectivity index (χ4v) is 2.98. The molecule has 144 valence electrons. The largest absolute Gasteiger partial charge is 0.452 e. The zero-order valence-electron chi connectivity index (χ0n) is 15.7. The average Bonchev–Trinajstić information content (AvgIpc) is 3.46. The van der Waals surface area contributed by atoms with Crippen LogP contribution in [-0.2, 0) is 11.3 Å². The molecular formula is C21H16N4O4. The van der Waals surface area contributed by atoms with Gasteiger partial charge in [0.15, 0.2) is 6.61 Å². The van der Waals surface area contributed by atoms with Gasteiger partial charge in [-0.15, -0.1) is 0 Å². The first-order chi connectivity index (χ1) is 14.1. The van der Waals surface area contributed by atoms with Gasteiger partial charge in [0.25, 0.3) is 5.89 Å². The monoisotopic (exact) mass is 388 g/mol. The lowest BCUT2D eigenvalue weighted by molar-refractivity contribution is 0.0427. The van der Waals surface area contributed by atoms with Crippen LogP contribution in [0.25, 0.3) is 17.3 Å². The van der Waals surface area contributed by atoms with Gasteiger partial charge < -0.3 is 13.7 Å². The highest BCUT2D eigenvalue weighted by Gasteiger charge is 2.26. The van der Waals surface area contributed by atoms with Crippen LogP contribution in [0.5, 0.6) is 0 Å². The summed E-state index contributed by atoms with van der Waals surface area (Å²) in [5.41, 5.74) is 2.02. The van der Waals surface area contributed by atoms with Crippen molar-refractivity contribution in [2.75, 3.05) is 0 Å². The number of esters is 1. The molecule has 0 amide bonds. The molecule has 0 fully saturated rings. The fourth-order valence-electron chi connectivity index (χ4n) is 2.98. The minimum absolute atomic E-state index is 0.0786. The zero-order chi connectivity index (χ0) is 20.4. The number of nitrogens with zero attached hydrogens (tertiary/aromatic N) is 4. The summed E-state index contributed by atoms with van der Waals surface area (Å²) in [6.07, 6.45) is 3.44. The van der Waals surface area contributed by atoms with Gasteiger partial charge in [-0.1, -0.05) is 29.4 Å². The van der Waals surface area contributed by atoms with E-state index < -0.39 is 5.97 Å². The second-order valence-corrected chi connectivity index (χ2v) is 6.32. The van der Waals surface area contributed by atoms with E-state index in [1.165, 1.54) is 0 Å². The molecule has 8 heteroatoms. The van der Waals surface area contributed by atoms with Gasteiger partial charge in [-0.05, 0) is 31.5 Å². The maximum absolute atomic E-state index is 12.6. The predicted octanol–water partition coefficient (Wildman–Crippen LogP) is 3.97. The third-order valence-corrected chi connectivity index (χ3v) is 4.40. The SMILES string of the molecule is Cc1ccccc1-c1noc(COC(=O)c2c(C)oc(-n3cccc3)c2C#N)n1. The first kappa shape index (κ1) is 18.3. The molecule has 8 nitrogen and oxygen atoms in total. The molecule has 0 unspecified atom stereocenters. The number of carbonyl (C=O) groups is 1. The Morgan fingerprint density at radius 3 is 2.69 bits per heavy atom. The summed E-state index contributed by atoms with van der Waals surface area (Å²) in [7, 11) is 0. The number of benzene rings is 1. The molecule has 3 heterocycles. The van der Waals surface area contributed by atoms with Gasteiger partial charge in [0.05, 0.1) is 0 Å². The van der Waals surface area contributed by atoms with Crippen LogP contribution in [-0.4, -0.2) is 20.7 Å². The van der Waals surface area contributed by atoms with E-state index in [-0.39, 0.29) is 29.5 Å². The summed E-state index contributed by atoms with van der Waals surface area (Å²) in [4.78, 5) is 16.9. The Hall–Kier alpha value is -4.12. The highest BCUT2D eigenvalue weighted by atomic mass is 16.6. The van der Waals surface area contributed by atoms with Crippen LogP contribution in [0, 0.1) is 25.2 Å². The molecule has 0 aliphatic heterocycles. The number of aromatic nitrogens is 3. The van der Waals surface area contributed by atoms with E-state index in [1.807, 2.05) is 37.3 Å². The molecule has 0 aliphatic carbocycles. The van der Waals surface area contributed by atoms with Gasteiger partial charge >= 0.3 is 5.97 Å². The molecule has 0 aliphatic rings. The van der Waals surface area contributed by atoms with Crippen LogP contribution < -0.4 is 0 Å².